The van der Waals surface area contributed by atoms with Crippen molar-refractivity contribution in [1.82, 2.24) is 19.8 Å². The summed E-state index contributed by atoms with van der Waals surface area (Å²) in [6.45, 7) is 0.417. The molecule has 24 heavy (non-hydrogen) atoms. The van der Waals surface area contributed by atoms with Gasteiger partial charge >= 0.3 is 6.18 Å². The molecule has 1 N–H and O–H groups in total. The van der Waals surface area contributed by atoms with Crippen molar-refractivity contribution >= 4 is 27.4 Å². The molecule has 3 rings (SSSR count). The maximum absolute atomic E-state index is 13.2. The van der Waals surface area contributed by atoms with E-state index in [9.17, 15) is 17.6 Å². The van der Waals surface area contributed by atoms with Crippen molar-refractivity contribution in [1.29, 1.82) is 0 Å². The highest BCUT2D eigenvalue weighted by molar-refractivity contribution is 9.10. The van der Waals surface area contributed by atoms with Crippen molar-refractivity contribution < 1.29 is 17.6 Å². The molecule has 0 unspecified atom stereocenters. The van der Waals surface area contributed by atoms with Crippen molar-refractivity contribution in [3.8, 4) is 0 Å². The number of fused-ring (bicyclic) bond motifs is 1. The summed E-state index contributed by atoms with van der Waals surface area (Å²) < 4.78 is 52.6. The average Bonchev–Trinajstić information content (AvgIpc) is 2.94. The van der Waals surface area contributed by atoms with Gasteiger partial charge in [-0.25, -0.2) is 4.39 Å². The minimum absolute atomic E-state index is 0.00957. The van der Waals surface area contributed by atoms with Crippen LogP contribution in [-0.4, -0.2) is 26.4 Å². The van der Waals surface area contributed by atoms with Crippen molar-refractivity contribution in [2.24, 2.45) is 0 Å². The van der Waals surface area contributed by atoms with E-state index in [0.29, 0.717) is 22.0 Å². The van der Waals surface area contributed by atoms with E-state index in [2.05, 4.69) is 36.5 Å². The fraction of sp³-hybridized carbons (Fsp3) is 0.214. The number of hydrogen-bond donors (Lipinski definition) is 1. The summed E-state index contributed by atoms with van der Waals surface area (Å²) >= 11 is 3.10. The Morgan fingerprint density at radius 3 is 2.62 bits per heavy atom. The number of aromatic nitrogens is 4. The van der Waals surface area contributed by atoms with Crippen molar-refractivity contribution in [2.45, 2.75) is 12.6 Å². The normalized spacial score (nSPS) is 11.9. The Morgan fingerprint density at radius 1 is 1.12 bits per heavy atom. The lowest BCUT2D eigenvalue weighted by Crippen LogP contribution is -2.14. The Labute approximate surface area is 141 Å². The largest absolute Gasteiger partial charge is 0.453 e. The van der Waals surface area contributed by atoms with Gasteiger partial charge in [0.25, 0.3) is 5.82 Å². The van der Waals surface area contributed by atoms with Crippen molar-refractivity contribution in [2.75, 3.05) is 11.9 Å². The van der Waals surface area contributed by atoms with Gasteiger partial charge in [-0.3, -0.25) is 0 Å². The predicted octanol–water partition coefficient (Wildman–Crippen LogP) is 3.70. The number of anilines is 1. The first-order valence-electron chi connectivity index (χ1n) is 6.82. The van der Waals surface area contributed by atoms with E-state index in [1.165, 1.54) is 18.2 Å². The molecule has 1 aromatic carbocycles. The lowest BCUT2D eigenvalue weighted by molar-refractivity contribution is -0.146. The highest BCUT2D eigenvalue weighted by Gasteiger charge is 2.37. The molecule has 0 radical (unpaired) electrons. The maximum Gasteiger partial charge on any atom is 0.453 e. The van der Waals surface area contributed by atoms with Crippen molar-refractivity contribution in [3.63, 3.8) is 0 Å². The summed E-state index contributed by atoms with van der Waals surface area (Å²) in [7, 11) is 0. The molecule has 3 aromatic rings. The van der Waals surface area contributed by atoms with E-state index in [0.717, 1.165) is 5.56 Å². The lowest BCUT2D eigenvalue weighted by atomic mass is 10.1. The third-order valence-corrected chi connectivity index (χ3v) is 3.83. The Bertz CT molecular complexity index is 877. The molecule has 0 aliphatic rings. The molecule has 0 amide bonds. The molecular weight excluding hydrogens is 394 g/mol. The Morgan fingerprint density at radius 2 is 1.92 bits per heavy atom. The molecule has 0 atom stereocenters. The molecule has 0 fully saturated rings. The molecule has 0 spiro atoms. The summed E-state index contributed by atoms with van der Waals surface area (Å²) in [5.74, 6) is -1.27. The SMILES string of the molecule is Fc1ccc(CCNc2ccc3nnc(C(F)(F)F)n3n2)cc1Br. The smallest absolute Gasteiger partial charge is 0.368 e. The number of alkyl halides is 3. The van der Waals surface area contributed by atoms with Crippen LogP contribution in [0.4, 0.5) is 23.4 Å². The van der Waals surface area contributed by atoms with Crippen LogP contribution >= 0.6 is 15.9 Å². The van der Waals surface area contributed by atoms with Crippen LogP contribution in [0.25, 0.3) is 5.65 Å². The summed E-state index contributed by atoms with van der Waals surface area (Å²) in [5.41, 5.74) is 0.882. The second kappa shape index (κ2) is 6.34. The van der Waals surface area contributed by atoms with Gasteiger partial charge in [-0.15, -0.1) is 15.3 Å². The Hall–Kier alpha value is -2.23. The van der Waals surface area contributed by atoms with Gasteiger partial charge in [0.15, 0.2) is 5.65 Å². The highest BCUT2D eigenvalue weighted by Crippen LogP contribution is 2.27. The Kier molecular flexibility index (Phi) is 4.39. The van der Waals surface area contributed by atoms with E-state index in [-0.39, 0.29) is 17.3 Å². The summed E-state index contributed by atoms with van der Waals surface area (Å²) in [6, 6.07) is 7.54. The number of halogens is 5. The first-order valence-corrected chi connectivity index (χ1v) is 7.61. The number of hydrogen-bond acceptors (Lipinski definition) is 4. The standard InChI is InChI=1S/C14H10BrF4N5/c15-9-7-8(1-2-10(9)16)5-6-20-11-3-4-12-21-22-13(14(17,18)19)24(12)23-11/h1-4,7H,5-6H2,(H,20,23). The number of rotatable bonds is 4. The van der Waals surface area contributed by atoms with E-state index in [1.54, 1.807) is 12.1 Å². The van der Waals surface area contributed by atoms with E-state index >= 15 is 0 Å². The van der Waals surface area contributed by atoms with Gasteiger partial charge in [0, 0.05) is 6.54 Å². The van der Waals surface area contributed by atoms with Gasteiger partial charge in [-0.05, 0) is 52.2 Å². The zero-order chi connectivity index (χ0) is 17.3. The molecule has 0 aliphatic carbocycles. The highest BCUT2D eigenvalue weighted by atomic mass is 79.9. The van der Waals surface area contributed by atoms with Gasteiger partial charge in [0.2, 0.25) is 0 Å². The molecular formula is C14H10BrF4N5. The topological polar surface area (TPSA) is 55.1 Å². The van der Waals surface area contributed by atoms with Gasteiger partial charge in [0.05, 0.1) is 4.47 Å². The number of nitrogens with zero attached hydrogens (tertiary/aromatic N) is 4. The average molecular weight is 404 g/mol. The third-order valence-electron chi connectivity index (χ3n) is 3.22. The van der Waals surface area contributed by atoms with E-state index < -0.39 is 12.0 Å². The molecule has 0 aliphatic heterocycles. The molecule has 10 heteroatoms. The van der Waals surface area contributed by atoms with E-state index in [1.807, 2.05) is 0 Å². The monoisotopic (exact) mass is 403 g/mol. The molecule has 0 saturated carbocycles. The van der Waals surface area contributed by atoms with Gasteiger partial charge in [-0.1, -0.05) is 6.07 Å². The first kappa shape index (κ1) is 16.6. The van der Waals surface area contributed by atoms with Crippen LogP contribution in [0.5, 0.6) is 0 Å². The molecule has 2 aromatic heterocycles. The second-order valence-electron chi connectivity index (χ2n) is 4.94. The summed E-state index contributed by atoms with van der Waals surface area (Å²) in [5, 5.41) is 13.3. The fourth-order valence-electron chi connectivity index (χ4n) is 2.09. The van der Waals surface area contributed by atoms with E-state index in [4.69, 9.17) is 0 Å². The summed E-state index contributed by atoms with van der Waals surface area (Å²) in [4.78, 5) is 0. The van der Waals surface area contributed by atoms with Gasteiger partial charge in [-0.2, -0.15) is 17.7 Å². The van der Waals surface area contributed by atoms with Crippen LogP contribution in [0.2, 0.25) is 0 Å². The van der Waals surface area contributed by atoms with Crippen LogP contribution in [0.3, 0.4) is 0 Å². The number of benzene rings is 1. The Balaban J connectivity index is 1.72. The molecule has 126 valence electrons. The zero-order valence-corrected chi connectivity index (χ0v) is 13.6. The van der Waals surface area contributed by atoms with Gasteiger partial charge in [0.1, 0.15) is 11.6 Å². The number of nitrogens with one attached hydrogen (secondary N) is 1. The van der Waals surface area contributed by atoms with Gasteiger partial charge < -0.3 is 5.32 Å². The maximum atomic E-state index is 13.2. The first-order chi connectivity index (χ1) is 11.3. The molecule has 0 bridgehead atoms. The molecule has 2 heterocycles. The van der Waals surface area contributed by atoms with Crippen LogP contribution in [-0.2, 0) is 12.6 Å². The lowest BCUT2D eigenvalue weighted by Gasteiger charge is -2.08. The zero-order valence-electron chi connectivity index (χ0n) is 12.0. The quantitative estimate of drug-likeness (QED) is 0.674. The minimum Gasteiger partial charge on any atom is -0.368 e. The third kappa shape index (κ3) is 3.48. The minimum atomic E-state index is -4.63. The predicted molar refractivity (Wildman–Crippen MR) is 82.1 cm³/mol. The van der Waals surface area contributed by atoms with Crippen LogP contribution < -0.4 is 5.32 Å². The summed E-state index contributed by atoms with van der Waals surface area (Å²) in [6.07, 6.45) is -4.08. The van der Waals surface area contributed by atoms with Crippen molar-refractivity contribution in [3.05, 3.63) is 52.0 Å². The molecule has 5 nitrogen and oxygen atoms in total. The van der Waals surface area contributed by atoms with Crippen LogP contribution in [0.1, 0.15) is 11.4 Å². The van der Waals surface area contributed by atoms with Crippen LogP contribution in [0, 0.1) is 5.82 Å². The molecule has 0 saturated heterocycles. The van der Waals surface area contributed by atoms with Crippen LogP contribution in [0.15, 0.2) is 34.8 Å². The second-order valence-corrected chi connectivity index (χ2v) is 5.79. The fourth-order valence-corrected chi connectivity index (χ4v) is 2.52.